The second kappa shape index (κ2) is 7.99. The van der Waals surface area contributed by atoms with E-state index in [0.29, 0.717) is 19.6 Å². The fourth-order valence-electron chi connectivity index (χ4n) is 1.10. The first-order chi connectivity index (χ1) is 7.11. The maximum Gasteiger partial charge on any atom is 0.328 e. The Morgan fingerprint density at radius 1 is 1.33 bits per heavy atom. The van der Waals surface area contributed by atoms with Crippen LogP contribution in [-0.4, -0.2) is 48.6 Å². The normalized spacial score (nSPS) is 10.5. The number of hydrogen-bond acceptors (Lipinski definition) is 3. The van der Waals surface area contributed by atoms with E-state index in [2.05, 4.69) is 5.32 Å². The molecule has 5 heteroatoms. The van der Waals surface area contributed by atoms with Gasteiger partial charge in [0.15, 0.2) is 0 Å². The molecule has 2 N–H and O–H groups in total. The molecule has 86 valence electrons. The molecule has 0 unspecified atom stereocenters. The summed E-state index contributed by atoms with van der Waals surface area (Å²) in [6, 6.07) is 0. The van der Waals surface area contributed by atoms with Gasteiger partial charge in [0, 0.05) is 31.8 Å². The number of likely N-dealkylation sites (N-methyl/N-ethyl adjacent to an activating group) is 1. The minimum Gasteiger partial charge on any atom is -0.478 e. The van der Waals surface area contributed by atoms with Crippen LogP contribution in [0.25, 0.3) is 0 Å². The summed E-state index contributed by atoms with van der Waals surface area (Å²) >= 11 is 0. The Labute approximate surface area is 89.8 Å². The number of nitrogens with zero attached hydrogens (tertiary/aromatic N) is 1. The third-order valence-corrected chi connectivity index (χ3v) is 1.81. The second-order valence-corrected chi connectivity index (χ2v) is 3.10. The summed E-state index contributed by atoms with van der Waals surface area (Å²) in [5.74, 6) is -1.36. The van der Waals surface area contributed by atoms with Crippen molar-refractivity contribution >= 4 is 11.9 Å². The van der Waals surface area contributed by atoms with Crippen LogP contribution in [0.3, 0.4) is 0 Å². The van der Waals surface area contributed by atoms with Crippen LogP contribution < -0.4 is 5.32 Å². The fourth-order valence-corrected chi connectivity index (χ4v) is 1.10. The molecule has 5 nitrogen and oxygen atoms in total. The second-order valence-electron chi connectivity index (χ2n) is 3.10. The van der Waals surface area contributed by atoms with Gasteiger partial charge in [0.25, 0.3) is 0 Å². The SMILES string of the molecule is CCCN(CCNC)C(=O)/C=C/C(=O)O. The van der Waals surface area contributed by atoms with Crippen LogP contribution in [0.15, 0.2) is 12.2 Å². The molecule has 0 aromatic carbocycles. The summed E-state index contributed by atoms with van der Waals surface area (Å²) in [5, 5.41) is 11.3. The number of amides is 1. The van der Waals surface area contributed by atoms with E-state index in [4.69, 9.17) is 5.11 Å². The Balaban J connectivity index is 4.21. The number of carbonyl (C=O) groups excluding carboxylic acids is 1. The third-order valence-electron chi connectivity index (χ3n) is 1.81. The molecule has 0 aromatic rings. The summed E-state index contributed by atoms with van der Waals surface area (Å²) in [4.78, 5) is 23.3. The molecule has 15 heavy (non-hydrogen) atoms. The molecule has 0 aliphatic carbocycles. The molecule has 0 rings (SSSR count). The monoisotopic (exact) mass is 214 g/mol. The van der Waals surface area contributed by atoms with E-state index in [9.17, 15) is 9.59 Å². The van der Waals surface area contributed by atoms with E-state index in [1.165, 1.54) is 0 Å². The van der Waals surface area contributed by atoms with E-state index in [1.807, 2.05) is 14.0 Å². The minimum absolute atomic E-state index is 0.255. The van der Waals surface area contributed by atoms with Crippen molar-refractivity contribution in [2.45, 2.75) is 13.3 Å². The van der Waals surface area contributed by atoms with Crippen molar-refractivity contribution in [1.29, 1.82) is 0 Å². The van der Waals surface area contributed by atoms with Gasteiger partial charge in [-0.2, -0.15) is 0 Å². The molecule has 1 amide bonds. The number of rotatable bonds is 7. The van der Waals surface area contributed by atoms with E-state index >= 15 is 0 Å². The number of carboxylic acid groups (broad SMARTS) is 1. The first-order valence-corrected chi connectivity index (χ1v) is 4.96. The molecular formula is C10H18N2O3. The van der Waals surface area contributed by atoms with Crippen molar-refractivity contribution in [1.82, 2.24) is 10.2 Å². The van der Waals surface area contributed by atoms with Crippen LogP contribution in [0, 0.1) is 0 Å². The van der Waals surface area contributed by atoms with Gasteiger partial charge in [-0.3, -0.25) is 4.79 Å². The number of carboxylic acids is 1. The van der Waals surface area contributed by atoms with Crippen molar-refractivity contribution in [2.75, 3.05) is 26.7 Å². The fraction of sp³-hybridized carbons (Fsp3) is 0.600. The molecule has 0 aromatic heterocycles. The first kappa shape index (κ1) is 13.6. The molecule has 0 aliphatic rings. The standard InChI is InChI=1S/C10H18N2O3/c1-3-7-12(8-6-11-2)9(13)4-5-10(14)15/h4-5,11H,3,6-8H2,1-2H3,(H,14,15)/b5-4+. The van der Waals surface area contributed by atoms with Crippen LogP contribution in [0.5, 0.6) is 0 Å². The minimum atomic E-state index is -1.10. The van der Waals surface area contributed by atoms with Crippen molar-refractivity contribution in [3.05, 3.63) is 12.2 Å². The number of hydrogen-bond donors (Lipinski definition) is 2. The maximum atomic E-state index is 11.5. The lowest BCUT2D eigenvalue weighted by molar-refractivity contribution is -0.132. The van der Waals surface area contributed by atoms with Crippen molar-refractivity contribution in [3.63, 3.8) is 0 Å². The number of nitrogens with one attached hydrogen (secondary N) is 1. The quantitative estimate of drug-likeness (QED) is 0.589. The summed E-state index contributed by atoms with van der Waals surface area (Å²) in [6.07, 6.45) is 2.81. The zero-order valence-corrected chi connectivity index (χ0v) is 9.19. The molecule has 0 saturated heterocycles. The summed E-state index contributed by atoms with van der Waals surface area (Å²) in [6.45, 7) is 3.91. The largest absolute Gasteiger partial charge is 0.478 e. The lowest BCUT2D eigenvalue weighted by atomic mass is 10.3. The van der Waals surface area contributed by atoms with Gasteiger partial charge in [-0.1, -0.05) is 6.92 Å². The predicted molar refractivity (Wildman–Crippen MR) is 57.6 cm³/mol. The highest BCUT2D eigenvalue weighted by Crippen LogP contribution is 1.93. The van der Waals surface area contributed by atoms with Gasteiger partial charge in [0.2, 0.25) is 5.91 Å². The van der Waals surface area contributed by atoms with Gasteiger partial charge >= 0.3 is 5.97 Å². The summed E-state index contributed by atoms with van der Waals surface area (Å²) in [5.41, 5.74) is 0. The summed E-state index contributed by atoms with van der Waals surface area (Å²) < 4.78 is 0. The average Bonchev–Trinajstić information content (AvgIpc) is 2.20. The summed E-state index contributed by atoms with van der Waals surface area (Å²) in [7, 11) is 1.81. The molecule has 0 bridgehead atoms. The molecule has 0 heterocycles. The van der Waals surface area contributed by atoms with Crippen molar-refractivity contribution < 1.29 is 14.7 Å². The molecular weight excluding hydrogens is 196 g/mol. The molecule has 0 atom stereocenters. The van der Waals surface area contributed by atoms with Gasteiger partial charge in [0.1, 0.15) is 0 Å². The lowest BCUT2D eigenvalue weighted by Gasteiger charge is -2.20. The Bertz CT molecular complexity index is 239. The zero-order chi connectivity index (χ0) is 11.7. The van der Waals surface area contributed by atoms with E-state index in [-0.39, 0.29) is 5.91 Å². The average molecular weight is 214 g/mol. The molecule has 0 aliphatic heterocycles. The topological polar surface area (TPSA) is 69.6 Å². The molecule has 0 fully saturated rings. The third kappa shape index (κ3) is 6.68. The van der Waals surface area contributed by atoms with Gasteiger partial charge < -0.3 is 15.3 Å². The highest BCUT2D eigenvalue weighted by atomic mass is 16.4. The number of aliphatic carboxylic acids is 1. The predicted octanol–water partition coefficient (Wildman–Crippen LogP) is 0.0852. The van der Waals surface area contributed by atoms with Gasteiger partial charge in [0.05, 0.1) is 0 Å². The highest BCUT2D eigenvalue weighted by molar-refractivity contribution is 5.93. The van der Waals surface area contributed by atoms with Crippen molar-refractivity contribution in [3.8, 4) is 0 Å². The van der Waals surface area contributed by atoms with Gasteiger partial charge in [-0.05, 0) is 13.5 Å². The van der Waals surface area contributed by atoms with Crippen LogP contribution in [0.1, 0.15) is 13.3 Å². The maximum absolute atomic E-state index is 11.5. The van der Waals surface area contributed by atoms with Gasteiger partial charge in [-0.15, -0.1) is 0 Å². The molecule has 0 radical (unpaired) electrons. The van der Waals surface area contributed by atoms with E-state index in [1.54, 1.807) is 4.90 Å². The molecule has 0 saturated carbocycles. The van der Waals surface area contributed by atoms with Crippen LogP contribution in [0.4, 0.5) is 0 Å². The van der Waals surface area contributed by atoms with Crippen LogP contribution in [0.2, 0.25) is 0 Å². The van der Waals surface area contributed by atoms with Crippen LogP contribution in [-0.2, 0) is 9.59 Å². The molecule has 0 spiro atoms. The van der Waals surface area contributed by atoms with Gasteiger partial charge in [-0.25, -0.2) is 4.79 Å². The number of carbonyl (C=O) groups is 2. The Kier molecular flexibility index (Phi) is 7.27. The lowest BCUT2D eigenvalue weighted by Crippen LogP contribution is -2.35. The first-order valence-electron chi connectivity index (χ1n) is 4.96. The highest BCUT2D eigenvalue weighted by Gasteiger charge is 2.08. The van der Waals surface area contributed by atoms with Crippen molar-refractivity contribution in [2.24, 2.45) is 0 Å². The zero-order valence-electron chi connectivity index (χ0n) is 9.19. The Hall–Kier alpha value is -1.36. The smallest absolute Gasteiger partial charge is 0.328 e. The van der Waals surface area contributed by atoms with Crippen LogP contribution >= 0.6 is 0 Å². The Morgan fingerprint density at radius 2 is 2.00 bits per heavy atom. The van der Waals surface area contributed by atoms with E-state index in [0.717, 1.165) is 18.6 Å². The Morgan fingerprint density at radius 3 is 2.47 bits per heavy atom. The van der Waals surface area contributed by atoms with E-state index < -0.39 is 5.97 Å².